The van der Waals surface area contributed by atoms with Gasteiger partial charge in [-0.2, -0.15) is 0 Å². The summed E-state index contributed by atoms with van der Waals surface area (Å²) in [5.41, 5.74) is 1.31. The number of nitrogens with one attached hydrogen (secondary N) is 1. The molecule has 192 valence electrons. The van der Waals surface area contributed by atoms with Gasteiger partial charge < -0.3 is 14.6 Å². The molecule has 1 heterocycles. The van der Waals surface area contributed by atoms with Gasteiger partial charge in [-0.1, -0.05) is 56.2 Å². The van der Waals surface area contributed by atoms with Crippen molar-refractivity contribution >= 4 is 28.5 Å². The minimum atomic E-state index is -0.465. The lowest BCUT2D eigenvalue weighted by molar-refractivity contribution is -0.127. The summed E-state index contributed by atoms with van der Waals surface area (Å²) in [4.78, 5) is 18.9. The van der Waals surface area contributed by atoms with E-state index in [0.29, 0.717) is 27.6 Å². The third-order valence-electron chi connectivity index (χ3n) is 7.75. The number of carbonyl (C=O) groups excluding carboxylic acids is 1. The van der Waals surface area contributed by atoms with Crippen LogP contribution in [0, 0.1) is 11.7 Å². The Kier molecular flexibility index (Phi) is 7.80. The fraction of sp³-hybridized carbons (Fsp3) is 0.517. The van der Waals surface area contributed by atoms with E-state index in [1.807, 2.05) is 23.6 Å². The number of aromatic nitrogens is 2. The lowest BCUT2D eigenvalue weighted by atomic mass is 9.82. The van der Waals surface area contributed by atoms with E-state index >= 15 is 0 Å². The Morgan fingerprint density at radius 2 is 1.78 bits per heavy atom. The number of amides is 1. The number of hydrogen-bond donors (Lipinski definition) is 1. The van der Waals surface area contributed by atoms with Crippen molar-refractivity contribution in [2.24, 2.45) is 5.92 Å². The molecule has 2 aliphatic carbocycles. The molecule has 0 aliphatic heterocycles. The van der Waals surface area contributed by atoms with Crippen molar-refractivity contribution in [2.75, 3.05) is 0 Å². The Labute approximate surface area is 217 Å². The van der Waals surface area contributed by atoms with Crippen LogP contribution < -0.4 is 10.1 Å². The summed E-state index contributed by atoms with van der Waals surface area (Å²) in [5, 5.41) is 3.95. The van der Waals surface area contributed by atoms with E-state index in [1.165, 1.54) is 25.0 Å². The Balaban J connectivity index is 1.57. The second-order valence-corrected chi connectivity index (χ2v) is 10.8. The van der Waals surface area contributed by atoms with Crippen LogP contribution >= 0.6 is 11.6 Å². The zero-order valence-electron chi connectivity index (χ0n) is 20.9. The Hall–Kier alpha value is -2.60. The zero-order chi connectivity index (χ0) is 25.1. The predicted octanol–water partition coefficient (Wildman–Crippen LogP) is 7.54. The summed E-state index contributed by atoms with van der Waals surface area (Å²) in [7, 11) is 0. The number of nitrogens with zero attached hydrogens (tertiary/aromatic N) is 2. The van der Waals surface area contributed by atoms with E-state index in [0.717, 1.165) is 51.4 Å². The number of benzene rings is 2. The largest absolute Gasteiger partial charge is 0.483 e. The van der Waals surface area contributed by atoms with Gasteiger partial charge in [-0.05, 0) is 74.9 Å². The molecule has 7 heteroatoms. The minimum absolute atomic E-state index is 0.0218. The number of carbonyl (C=O) groups is 1. The molecule has 2 aromatic carbocycles. The number of halogens is 2. The monoisotopic (exact) mass is 511 g/mol. The molecule has 2 saturated carbocycles. The van der Waals surface area contributed by atoms with Crippen molar-refractivity contribution in [3.05, 3.63) is 59.1 Å². The normalized spacial score (nSPS) is 19.2. The quantitative estimate of drug-likeness (QED) is 0.356. The minimum Gasteiger partial charge on any atom is -0.483 e. The molecule has 0 bridgehead atoms. The maximum absolute atomic E-state index is 14.5. The average Bonchev–Trinajstić information content (AvgIpc) is 3.24. The molecule has 5 nitrogen and oxygen atoms in total. The first kappa shape index (κ1) is 25.1. The molecule has 0 radical (unpaired) electrons. The number of ether oxygens (including phenoxy) is 1. The van der Waals surface area contributed by atoms with Crippen molar-refractivity contribution in [3.63, 3.8) is 0 Å². The third-order valence-corrected chi connectivity index (χ3v) is 7.98. The first-order chi connectivity index (χ1) is 17.5. The SMILES string of the molecule is CC(Oc1cccc(Cl)c1)c1nc2ccc(F)cc2n1C(C(=O)NC1CCCCC1)C1CCCCC1. The number of fused-ring (bicyclic) bond motifs is 1. The van der Waals surface area contributed by atoms with Crippen LogP contribution in [0.4, 0.5) is 4.39 Å². The molecule has 3 aromatic rings. The van der Waals surface area contributed by atoms with Crippen LogP contribution in [-0.4, -0.2) is 21.5 Å². The van der Waals surface area contributed by atoms with Gasteiger partial charge >= 0.3 is 0 Å². The lowest BCUT2D eigenvalue weighted by Gasteiger charge is -2.34. The molecule has 2 atom stereocenters. The van der Waals surface area contributed by atoms with Crippen molar-refractivity contribution in [1.29, 1.82) is 0 Å². The molecule has 2 aliphatic rings. The molecule has 2 fully saturated rings. The van der Waals surface area contributed by atoms with Gasteiger partial charge in [-0.25, -0.2) is 9.37 Å². The standard InChI is InChI=1S/C29H35ClFN3O2/c1-19(36-24-14-8-11-21(30)17-24)28-33-25-16-15-22(31)18-26(25)34(28)27(20-9-4-2-5-10-20)29(35)32-23-12-6-3-7-13-23/h8,11,14-20,23,27H,2-7,9-10,12-13H2,1H3,(H,32,35). The van der Waals surface area contributed by atoms with Crippen molar-refractivity contribution in [1.82, 2.24) is 14.9 Å². The lowest BCUT2D eigenvalue weighted by Crippen LogP contribution is -2.44. The van der Waals surface area contributed by atoms with Gasteiger partial charge in [-0.3, -0.25) is 4.79 Å². The summed E-state index contributed by atoms with van der Waals surface area (Å²) in [6.07, 6.45) is 10.4. The van der Waals surface area contributed by atoms with Crippen LogP contribution in [0.1, 0.15) is 89.1 Å². The predicted molar refractivity (Wildman–Crippen MR) is 141 cm³/mol. The summed E-state index contributed by atoms with van der Waals surface area (Å²) in [6.45, 7) is 1.92. The Morgan fingerprint density at radius 1 is 1.06 bits per heavy atom. The van der Waals surface area contributed by atoms with Gasteiger partial charge in [0.05, 0.1) is 11.0 Å². The fourth-order valence-electron chi connectivity index (χ4n) is 5.99. The average molecular weight is 512 g/mol. The van der Waals surface area contributed by atoms with Crippen LogP contribution in [0.15, 0.2) is 42.5 Å². The topological polar surface area (TPSA) is 56.2 Å². The second kappa shape index (κ2) is 11.2. The maximum Gasteiger partial charge on any atom is 0.243 e. The van der Waals surface area contributed by atoms with E-state index in [4.69, 9.17) is 21.3 Å². The summed E-state index contributed by atoms with van der Waals surface area (Å²) in [6, 6.07) is 11.6. The van der Waals surface area contributed by atoms with Crippen molar-refractivity contribution in [2.45, 2.75) is 89.3 Å². The van der Waals surface area contributed by atoms with Gasteiger partial charge in [0, 0.05) is 11.1 Å². The summed E-state index contributed by atoms with van der Waals surface area (Å²) in [5.74, 6) is 1.10. The van der Waals surface area contributed by atoms with Crippen LogP contribution in [0.25, 0.3) is 11.0 Å². The molecule has 1 amide bonds. The van der Waals surface area contributed by atoms with Crippen LogP contribution in [-0.2, 0) is 4.79 Å². The van der Waals surface area contributed by atoms with Gasteiger partial charge in [0.2, 0.25) is 5.91 Å². The molecular weight excluding hydrogens is 477 g/mol. The smallest absolute Gasteiger partial charge is 0.243 e. The van der Waals surface area contributed by atoms with E-state index in [2.05, 4.69) is 5.32 Å². The Bertz CT molecular complexity index is 1200. The first-order valence-electron chi connectivity index (χ1n) is 13.4. The molecule has 2 unspecified atom stereocenters. The van der Waals surface area contributed by atoms with Gasteiger partial charge in [-0.15, -0.1) is 0 Å². The van der Waals surface area contributed by atoms with Gasteiger partial charge in [0.1, 0.15) is 17.6 Å². The van der Waals surface area contributed by atoms with E-state index in [9.17, 15) is 9.18 Å². The molecule has 1 N–H and O–H groups in total. The highest BCUT2D eigenvalue weighted by Crippen LogP contribution is 2.38. The van der Waals surface area contributed by atoms with Crippen molar-refractivity contribution in [3.8, 4) is 5.75 Å². The van der Waals surface area contributed by atoms with E-state index in [-0.39, 0.29) is 23.7 Å². The van der Waals surface area contributed by atoms with Crippen LogP contribution in [0.5, 0.6) is 5.75 Å². The van der Waals surface area contributed by atoms with Gasteiger partial charge in [0.25, 0.3) is 0 Å². The molecule has 1 aromatic heterocycles. The maximum atomic E-state index is 14.5. The highest BCUT2D eigenvalue weighted by Gasteiger charge is 2.36. The third kappa shape index (κ3) is 5.54. The molecule has 36 heavy (non-hydrogen) atoms. The van der Waals surface area contributed by atoms with Crippen LogP contribution in [0.2, 0.25) is 5.02 Å². The first-order valence-corrected chi connectivity index (χ1v) is 13.8. The fourth-order valence-corrected chi connectivity index (χ4v) is 6.17. The molecular formula is C29H35ClFN3O2. The van der Waals surface area contributed by atoms with E-state index in [1.54, 1.807) is 18.2 Å². The number of hydrogen-bond acceptors (Lipinski definition) is 3. The highest BCUT2D eigenvalue weighted by molar-refractivity contribution is 6.30. The second-order valence-electron chi connectivity index (χ2n) is 10.4. The summed E-state index contributed by atoms with van der Waals surface area (Å²) >= 11 is 6.18. The molecule has 0 spiro atoms. The van der Waals surface area contributed by atoms with Crippen molar-refractivity contribution < 1.29 is 13.9 Å². The van der Waals surface area contributed by atoms with Gasteiger partial charge in [0.15, 0.2) is 11.9 Å². The zero-order valence-corrected chi connectivity index (χ0v) is 21.6. The van der Waals surface area contributed by atoms with E-state index < -0.39 is 12.1 Å². The Morgan fingerprint density at radius 3 is 2.50 bits per heavy atom. The molecule has 0 saturated heterocycles. The highest BCUT2D eigenvalue weighted by atomic mass is 35.5. The van der Waals surface area contributed by atoms with Crippen LogP contribution in [0.3, 0.4) is 0 Å². The number of imidazole rings is 1. The summed E-state index contributed by atoms with van der Waals surface area (Å²) < 4.78 is 22.7. The molecule has 5 rings (SSSR count). The number of rotatable bonds is 7.